The third-order valence-corrected chi connectivity index (χ3v) is 5.54. The summed E-state index contributed by atoms with van der Waals surface area (Å²) in [5.74, 6) is 0.607. The van der Waals surface area contributed by atoms with E-state index in [2.05, 4.69) is 56.3 Å². The quantitative estimate of drug-likeness (QED) is 0.302. The van der Waals surface area contributed by atoms with Crippen LogP contribution in [-0.4, -0.2) is 26.7 Å². The molecule has 3 aromatic carbocycles. The number of aromatic nitrogens is 3. The normalized spacial score (nSPS) is 11.5. The maximum atomic E-state index is 12.6. The lowest BCUT2D eigenvalue weighted by Crippen LogP contribution is -2.17. The van der Waals surface area contributed by atoms with E-state index in [1.54, 1.807) is 12.3 Å². The van der Waals surface area contributed by atoms with Crippen LogP contribution in [0.5, 0.6) is 0 Å². The zero-order chi connectivity index (χ0) is 21.9. The van der Waals surface area contributed by atoms with Crippen LogP contribution >= 0.6 is 0 Å². The maximum absolute atomic E-state index is 12.6. The number of benzene rings is 3. The predicted octanol–water partition coefficient (Wildman–Crippen LogP) is 4.89. The van der Waals surface area contributed by atoms with Crippen molar-refractivity contribution in [3.05, 3.63) is 102 Å². The Bertz CT molecular complexity index is 1430. The molecule has 2 heterocycles. The van der Waals surface area contributed by atoms with Crippen LogP contribution < -0.4 is 5.43 Å². The maximum Gasteiger partial charge on any atom is 0.271 e. The predicted molar refractivity (Wildman–Crippen MR) is 128 cm³/mol. The zero-order valence-electron chi connectivity index (χ0n) is 17.7. The largest absolute Gasteiger partial charge is 0.347 e. The van der Waals surface area contributed by atoms with Crippen LogP contribution in [0, 0.1) is 0 Å². The molecular formula is C26H23N5O. The first kappa shape index (κ1) is 19.8. The Kier molecular flexibility index (Phi) is 5.25. The molecular weight excluding hydrogens is 398 g/mol. The minimum absolute atomic E-state index is 0.262. The Hall–Kier alpha value is -4.19. The second kappa shape index (κ2) is 8.51. The summed E-state index contributed by atoms with van der Waals surface area (Å²) < 4.78 is 2.16. The number of hydrazone groups is 1. The number of aryl methyl sites for hydroxylation is 1. The summed E-state index contributed by atoms with van der Waals surface area (Å²) in [6, 6.07) is 23.8. The standard InChI is InChI=1S/C26H23N5O/c1-2-31-17-20(21-10-6-7-11-24(21)31)16-27-30-26(32)19-12-13-22-23(15-19)29-25(28-22)14-18-8-4-3-5-9-18/h3-13,15-17H,2,14H2,1H3,(H,28,29)(H,30,32)/b27-16-. The molecule has 5 aromatic rings. The van der Waals surface area contributed by atoms with Crippen molar-refractivity contribution in [2.24, 2.45) is 5.10 Å². The summed E-state index contributed by atoms with van der Waals surface area (Å²) in [5, 5.41) is 5.30. The number of imidazole rings is 1. The molecule has 2 aromatic heterocycles. The van der Waals surface area contributed by atoms with Crippen molar-refractivity contribution in [3.8, 4) is 0 Å². The molecule has 0 radical (unpaired) electrons. The zero-order valence-corrected chi connectivity index (χ0v) is 17.7. The molecule has 0 aliphatic rings. The van der Waals surface area contributed by atoms with Gasteiger partial charge in [0, 0.05) is 41.2 Å². The fourth-order valence-corrected chi connectivity index (χ4v) is 3.94. The molecule has 0 aliphatic heterocycles. The molecule has 158 valence electrons. The molecule has 1 amide bonds. The van der Waals surface area contributed by atoms with Crippen molar-refractivity contribution >= 4 is 34.1 Å². The average Bonchev–Trinajstić information content (AvgIpc) is 3.39. The molecule has 0 unspecified atom stereocenters. The lowest BCUT2D eigenvalue weighted by Gasteiger charge is -1.99. The SMILES string of the molecule is CCn1cc(/C=N\NC(=O)c2ccc3nc(Cc4ccccc4)[nH]c3c2)c2ccccc21. The van der Waals surface area contributed by atoms with E-state index in [1.165, 1.54) is 5.56 Å². The van der Waals surface area contributed by atoms with Crippen LogP contribution in [0.4, 0.5) is 0 Å². The number of amides is 1. The highest BCUT2D eigenvalue weighted by atomic mass is 16.2. The van der Waals surface area contributed by atoms with Gasteiger partial charge in [0.25, 0.3) is 5.91 Å². The van der Waals surface area contributed by atoms with Gasteiger partial charge < -0.3 is 9.55 Å². The number of hydrogen-bond donors (Lipinski definition) is 2. The fraction of sp³-hybridized carbons (Fsp3) is 0.115. The molecule has 0 aliphatic carbocycles. The van der Waals surface area contributed by atoms with E-state index in [1.807, 2.05) is 48.7 Å². The number of nitrogens with one attached hydrogen (secondary N) is 2. The molecule has 6 nitrogen and oxygen atoms in total. The van der Waals surface area contributed by atoms with Crippen LogP contribution in [0.15, 0.2) is 84.1 Å². The molecule has 0 saturated carbocycles. The highest BCUT2D eigenvalue weighted by Gasteiger charge is 2.10. The smallest absolute Gasteiger partial charge is 0.271 e. The van der Waals surface area contributed by atoms with Crippen molar-refractivity contribution in [1.29, 1.82) is 0 Å². The van der Waals surface area contributed by atoms with Gasteiger partial charge in [-0.25, -0.2) is 10.4 Å². The molecule has 5 rings (SSSR count). The molecule has 0 fully saturated rings. The van der Waals surface area contributed by atoms with Crippen LogP contribution in [0.25, 0.3) is 21.9 Å². The molecule has 32 heavy (non-hydrogen) atoms. The summed E-state index contributed by atoms with van der Waals surface area (Å²) in [7, 11) is 0. The van der Waals surface area contributed by atoms with Gasteiger partial charge in [0.05, 0.1) is 17.2 Å². The number of rotatable bonds is 6. The van der Waals surface area contributed by atoms with Crippen molar-refractivity contribution < 1.29 is 4.79 Å². The van der Waals surface area contributed by atoms with Crippen LogP contribution in [0.3, 0.4) is 0 Å². The van der Waals surface area contributed by atoms with Gasteiger partial charge in [-0.05, 0) is 36.8 Å². The number of carbonyl (C=O) groups excluding carboxylic acids is 1. The number of para-hydroxylation sites is 1. The summed E-state index contributed by atoms with van der Waals surface area (Å²) >= 11 is 0. The lowest BCUT2D eigenvalue weighted by atomic mass is 10.1. The summed E-state index contributed by atoms with van der Waals surface area (Å²) in [4.78, 5) is 20.6. The van der Waals surface area contributed by atoms with Gasteiger partial charge in [0.15, 0.2) is 0 Å². The third kappa shape index (κ3) is 3.90. The van der Waals surface area contributed by atoms with Crippen molar-refractivity contribution in [1.82, 2.24) is 20.0 Å². The highest BCUT2D eigenvalue weighted by molar-refractivity contribution is 6.01. The second-order valence-electron chi connectivity index (χ2n) is 7.66. The van der Waals surface area contributed by atoms with E-state index in [-0.39, 0.29) is 5.91 Å². The lowest BCUT2D eigenvalue weighted by molar-refractivity contribution is 0.0955. The van der Waals surface area contributed by atoms with Gasteiger partial charge in [-0.15, -0.1) is 0 Å². The molecule has 0 bridgehead atoms. The molecule has 0 atom stereocenters. The van der Waals surface area contributed by atoms with Crippen LogP contribution in [0.1, 0.15) is 34.2 Å². The Morgan fingerprint density at radius 3 is 2.75 bits per heavy atom. The number of fused-ring (bicyclic) bond motifs is 2. The minimum Gasteiger partial charge on any atom is -0.347 e. The van der Waals surface area contributed by atoms with E-state index < -0.39 is 0 Å². The monoisotopic (exact) mass is 421 g/mol. The number of aromatic amines is 1. The minimum atomic E-state index is -0.262. The van der Waals surface area contributed by atoms with E-state index in [0.29, 0.717) is 12.0 Å². The topological polar surface area (TPSA) is 75.1 Å². The number of nitrogens with zero attached hydrogens (tertiary/aromatic N) is 3. The van der Waals surface area contributed by atoms with Crippen LogP contribution in [0.2, 0.25) is 0 Å². The first-order valence-electron chi connectivity index (χ1n) is 10.6. The molecule has 2 N–H and O–H groups in total. The van der Waals surface area contributed by atoms with Crippen molar-refractivity contribution in [2.75, 3.05) is 0 Å². The molecule has 6 heteroatoms. The van der Waals surface area contributed by atoms with E-state index >= 15 is 0 Å². The Labute approximate surface area is 185 Å². The first-order chi connectivity index (χ1) is 15.7. The average molecular weight is 422 g/mol. The summed E-state index contributed by atoms with van der Waals surface area (Å²) in [5.41, 5.74) is 8.14. The van der Waals surface area contributed by atoms with Gasteiger partial charge in [0.1, 0.15) is 5.82 Å². The highest BCUT2D eigenvalue weighted by Crippen LogP contribution is 2.20. The van der Waals surface area contributed by atoms with Gasteiger partial charge in [0.2, 0.25) is 0 Å². The van der Waals surface area contributed by atoms with Gasteiger partial charge in [-0.3, -0.25) is 4.79 Å². The fourth-order valence-electron chi connectivity index (χ4n) is 3.94. The number of H-pyrrole nitrogens is 1. The van der Waals surface area contributed by atoms with E-state index in [4.69, 9.17) is 0 Å². The Balaban J connectivity index is 1.32. The van der Waals surface area contributed by atoms with Crippen molar-refractivity contribution in [3.63, 3.8) is 0 Å². The first-order valence-corrected chi connectivity index (χ1v) is 10.6. The van der Waals surface area contributed by atoms with E-state index in [9.17, 15) is 4.79 Å². The van der Waals surface area contributed by atoms with Crippen molar-refractivity contribution in [2.45, 2.75) is 19.9 Å². The van der Waals surface area contributed by atoms with E-state index in [0.717, 1.165) is 39.9 Å². The number of hydrogen-bond acceptors (Lipinski definition) is 3. The van der Waals surface area contributed by atoms with Gasteiger partial charge in [-0.2, -0.15) is 5.10 Å². The second-order valence-corrected chi connectivity index (χ2v) is 7.66. The molecule has 0 spiro atoms. The summed E-state index contributed by atoms with van der Waals surface area (Å²) in [6.45, 7) is 2.98. The summed E-state index contributed by atoms with van der Waals surface area (Å²) in [6.07, 6.45) is 4.46. The van der Waals surface area contributed by atoms with Gasteiger partial charge in [-0.1, -0.05) is 48.5 Å². The van der Waals surface area contributed by atoms with Gasteiger partial charge >= 0.3 is 0 Å². The number of carbonyl (C=O) groups is 1. The Morgan fingerprint density at radius 1 is 1.09 bits per heavy atom. The Morgan fingerprint density at radius 2 is 1.91 bits per heavy atom. The van der Waals surface area contributed by atoms with Crippen LogP contribution in [-0.2, 0) is 13.0 Å². The third-order valence-electron chi connectivity index (χ3n) is 5.54. The molecule has 0 saturated heterocycles.